The number of anilines is 1. The lowest BCUT2D eigenvalue weighted by Crippen LogP contribution is -2.01. The van der Waals surface area contributed by atoms with Gasteiger partial charge in [-0.1, -0.05) is 24.3 Å². The number of hydrogen-bond acceptors (Lipinski definition) is 4. The van der Waals surface area contributed by atoms with E-state index >= 15 is 0 Å². The van der Waals surface area contributed by atoms with Crippen molar-refractivity contribution >= 4 is 5.69 Å². The van der Waals surface area contributed by atoms with Crippen LogP contribution in [0.15, 0.2) is 61.2 Å². The first-order valence-corrected chi connectivity index (χ1v) is 6.73. The van der Waals surface area contributed by atoms with Crippen molar-refractivity contribution in [3.8, 4) is 5.75 Å². The fourth-order valence-corrected chi connectivity index (χ4v) is 2.05. The van der Waals surface area contributed by atoms with Crippen molar-refractivity contribution in [3.63, 3.8) is 0 Å². The average molecular weight is 280 g/mol. The Balaban J connectivity index is 1.58. The van der Waals surface area contributed by atoms with E-state index in [1.165, 1.54) is 11.9 Å². The Kier molecular flexibility index (Phi) is 3.82. The molecule has 0 spiro atoms. The summed E-state index contributed by atoms with van der Waals surface area (Å²) >= 11 is 0. The van der Waals surface area contributed by atoms with Gasteiger partial charge in [0.25, 0.3) is 0 Å². The van der Waals surface area contributed by atoms with Gasteiger partial charge in [-0.3, -0.25) is 0 Å². The number of benzene rings is 2. The van der Waals surface area contributed by atoms with Crippen LogP contribution >= 0.6 is 0 Å². The van der Waals surface area contributed by atoms with Gasteiger partial charge >= 0.3 is 0 Å². The minimum Gasteiger partial charge on any atom is -0.508 e. The number of hydrogen-bond donors (Lipinski definition) is 2. The van der Waals surface area contributed by atoms with Crippen LogP contribution in [-0.4, -0.2) is 19.9 Å². The lowest BCUT2D eigenvalue weighted by atomic mass is 10.2. The molecule has 5 nitrogen and oxygen atoms in total. The summed E-state index contributed by atoms with van der Waals surface area (Å²) in [6.45, 7) is 1.45. The Bertz CT molecular complexity index is 675. The number of phenolic OH excluding ortho intramolecular Hbond substituents is 1. The molecule has 2 N–H and O–H groups in total. The minimum atomic E-state index is 0.288. The number of phenols is 1. The van der Waals surface area contributed by atoms with Gasteiger partial charge in [0.1, 0.15) is 18.4 Å². The Morgan fingerprint density at radius 3 is 2.33 bits per heavy atom. The molecule has 106 valence electrons. The van der Waals surface area contributed by atoms with Crippen LogP contribution in [0.2, 0.25) is 0 Å². The lowest BCUT2D eigenvalue weighted by molar-refractivity contribution is 0.475. The number of nitrogens with one attached hydrogen (secondary N) is 1. The standard InChI is InChI=1S/C16H16N4O/c21-16-7-3-13(4-8-16)9-18-15-5-1-14(2-6-15)10-20-12-17-11-19-20/h1-8,11-12,18,21H,9-10H2. The summed E-state index contributed by atoms with van der Waals surface area (Å²) in [5.74, 6) is 0.288. The summed E-state index contributed by atoms with van der Waals surface area (Å²) in [6.07, 6.45) is 3.24. The quantitative estimate of drug-likeness (QED) is 0.754. The SMILES string of the molecule is Oc1ccc(CNc2ccc(Cn3cncn3)cc2)cc1. The van der Waals surface area contributed by atoms with Crippen molar-refractivity contribution in [3.05, 3.63) is 72.3 Å². The molecule has 0 fully saturated rings. The van der Waals surface area contributed by atoms with E-state index in [1.54, 1.807) is 23.1 Å². The van der Waals surface area contributed by atoms with Crippen LogP contribution in [0.4, 0.5) is 5.69 Å². The maximum absolute atomic E-state index is 9.25. The molecule has 0 amide bonds. The first-order chi connectivity index (χ1) is 10.3. The van der Waals surface area contributed by atoms with Gasteiger partial charge in [-0.2, -0.15) is 5.10 Å². The zero-order valence-electron chi connectivity index (χ0n) is 11.5. The van der Waals surface area contributed by atoms with Crippen molar-refractivity contribution in [2.24, 2.45) is 0 Å². The second-order valence-corrected chi connectivity index (χ2v) is 4.81. The Hall–Kier alpha value is -2.82. The summed E-state index contributed by atoms with van der Waals surface area (Å²) in [6, 6.07) is 15.4. The van der Waals surface area contributed by atoms with Crippen LogP contribution in [-0.2, 0) is 13.1 Å². The molecule has 3 aromatic rings. The van der Waals surface area contributed by atoms with E-state index in [4.69, 9.17) is 0 Å². The summed E-state index contributed by atoms with van der Waals surface area (Å²) in [4.78, 5) is 3.93. The fourth-order valence-electron chi connectivity index (χ4n) is 2.05. The second kappa shape index (κ2) is 6.09. The molecule has 5 heteroatoms. The van der Waals surface area contributed by atoms with Crippen molar-refractivity contribution in [2.45, 2.75) is 13.1 Å². The third-order valence-electron chi connectivity index (χ3n) is 3.20. The summed E-state index contributed by atoms with van der Waals surface area (Å²) in [5.41, 5.74) is 3.36. The van der Waals surface area contributed by atoms with E-state index < -0.39 is 0 Å². The molecule has 3 rings (SSSR count). The number of rotatable bonds is 5. The van der Waals surface area contributed by atoms with Crippen LogP contribution < -0.4 is 5.32 Å². The highest BCUT2D eigenvalue weighted by atomic mass is 16.3. The Labute approximate surface area is 122 Å². The first kappa shape index (κ1) is 13.2. The fraction of sp³-hybridized carbons (Fsp3) is 0.125. The lowest BCUT2D eigenvalue weighted by Gasteiger charge is -2.08. The van der Waals surface area contributed by atoms with Crippen molar-refractivity contribution in [1.82, 2.24) is 14.8 Å². The predicted octanol–water partition coefficient (Wildman–Crippen LogP) is 2.64. The normalized spacial score (nSPS) is 10.5. The molecule has 0 saturated heterocycles. The van der Waals surface area contributed by atoms with Gasteiger partial charge in [0.2, 0.25) is 0 Å². The molecule has 0 radical (unpaired) electrons. The third-order valence-corrected chi connectivity index (χ3v) is 3.20. The van der Waals surface area contributed by atoms with Gasteiger partial charge < -0.3 is 10.4 Å². The summed E-state index contributed by atoms with van der Waals surface area (Å²) < 4.78 is 1.79. The first-order valence-electron chi connectivity index (χ1n) is 6.73. The van der Waals surface area contributed by atoms with Crippen LogP contribution in [0.1, 0.15) is 11.1 Å². The van der Waals surface area contributed by atoms with E-state index in [2.05, 4.69) is 27.5 Å². The molecule has 2 aromatic carbocycles. The summed E-state index contributed by atoms with van der Waals surface area (Å²) in [5, 5.41) is 16.7. The molecule has 0 aliphatic carbocycles. The highest BCUT2D eigenvalue weighted by Crippen LogP contribution is 2.14. The van der Waals surface area contributed by atoms with Gasteiger partial charge in [-0.25, -0.2) is 9.67 Å². The van der Waals surface area contributed by atoms with Gasteiger partial charge in [0.05, 0.1) is 6.54 Å². The molecule has 0 bridgehead atoms. The molecule has 0 aliphatic rings. The number of aromatic nitrogens is 3. The highest BCUT2D eigenvalue weighted by molar-refractivity contribution is 5.45. The van der Waals surface area contributed by atoms with Crippen LogP contribution in [0.5, 0.6) is 5.75 Å². The molecular weight excluding hydrogens is 264 g/mol. The zero-order chi connectivity index (χ0) is 14.5. The topological polar surface area (TPSA) is 63.0 Å². The van der Waals surface area contributed by atoms with Gasteiger partial charge in [0.15, 0.2) is 0 Å². The maximum atomic E-state index is 9.25. The average Bonchev–Trinajstić information content (AvgIpc) is 3.01. The van der Waals surface area contributed by atoms with E-state index in [-0.39, 0.29) is 5.75 Å². The van der Waals surface area contributed by atoms with E-state index in [9.17, 15) is 5.11 Å². The highest BCUT2D eigenvalue weighted by Gasteiger charge is 1.98. The molecule has 0 unspecified atom stereocenters. The molecule has 21 heavy (non-hydrogen) atoms. The molecule has 0 aliphatic heterocycles. The van der Waals surface area contributed by atoms with Gasteiger partial charge in [-0.15, -0.1) is 0 Å². The Morgan fingerprint density at radius 1 is 0.952 bits per heavy atom. The molecule has 0 saturated carbocycles. The van der Waals surface area contributed by atoms with Crippen molar-refractivity contribution < 1.29 is 5.11 Å². The predicted molar refractivity (Wildman–Crippen MR) is 81.0 cm³/mol. The maximum Gasteiger partial charge on any atom is 0.137 e. The molecule has 1 heterocycles. The minimum absolute atomic E-state index is 0.288. The summed E-state index contributed by atoms with van der Waals surface area (Å²) in [7, 11) is 0. The molecule has 1 aromatic heterocycles. The van der Waals surface area contributed by atoms with Gasteiger partial charge in [-0.05, 0) is 35.4 Å². The van der Waals surface area contributed by atoms with Crippen LogP contribution in [0.3, 0.4) is 0 Å². The number of aromatic hydroxyl groups is 1. The third kappa shape index (κ3) is 3.60. The second-order valence-electron chi connectivity index (χ2n) is 4.81. The van der Waals surface area contributed by atoms with Crippen LogP contribution in [0.25, 0.3) is 0 Å². The largest absolute Gasteiger partial charge is 0.508 e. The van der Waals surface area contributed by atoms with Gasteiger partial charge in [0, 0.05) is 12.2 Å². The van der Waals surface area contributed by atoms with E-state index in [0.717, 1.165) is 24.3 Å². The van der Waals surface area contributed by atoms with Crippen LogP contribution in [0, 0.1) is 0 Å². The zero-order valence-corrected chi connectivity index (χ0v) is 11.5. The number of nitrogens with zero attached hydrogens (tertiary/aromatic N) is 3. The van der Waals surface area contributed by atoms with E-state index in [0.29, 0.717) is 0 Å². The Morgan fingerprint density at radius 2 is 1.67 bits per heavy atom. The van der Waals surface area contributed by atoms with Crippen molar-refractivity contribution in [2.75, 3.05) is 5.32 Å². The monoisotopic (exact) mass is 280 g/mol. The smallest absolute Gasteiger partial charge is 0.137 e. The van der Waals surface area contributed by atoms with E-state index in [1.807, 2.05) is 24.3 Å². The van der Waals surface area contributed by atoms with Crippen molar-refractivity contribution in [1.29, 1.82) is 0 Å². The molecular formula is C16H16N4O. The molecule has 0 atom stereocenters.